The molecule has 8 nitrogen and oxygen atoms in total. The van der Waals surface area contributed by atoms with Gasteiger partial charge in [-0.3, -0.25) is 4.98 Å². The van der Waals surface area contributed by atoms with E-state index in [4.69, 9.17) is 25.0 Å². The summed E-state index contributed by atoms with van der Waals surface area (Å²) in [5, 5.41) is 11.4. The largest absolute Gasteiger partial charge is 0.513 e. The van der Waals surface area contributed by atoms with Crippen molar-refractivity contribution in [2.75, 3.05) is 31.7 Å². The van der Waals surface area contributed by atoms with Crippen LogP contribution in [0.15, 0.2) is 61.0 Å². The number of aromatic nitrogens is 2. The smallest absolute Gasteiger partial charge is 0.167 e. The molecule has 0 fully saturated rings. The number of allylic oxidation sites excluding steroid dienone is 1. The molecule has 0 saturated heterocycles. The van der Waals surface area contributed by atoms with Crippen LogP contribution < -0.4 is 10.5 Å². The number of fused-ring (bicyclic) bond motifs is 3. The van der Waals surface area contributed by atoms with Gasteiger partial charge in [0.15, 0.2) is 14.2 Å². The second kappa shape index (κ2) is 13.0. The van der Waals surface area contributed by atoms with Gasteiger partial charge in [0.2, 0.25) is 0 Å². The number of aliphatic hydroxyl groups is 1. The van der Waals surface area contributed by atoms with Crippen LogP contribution in [-0.4, -0.2) is 50.8 Å². The molecule has 0 amide bonds. The highest BCUT2D eigenvalue weighted by molar-refractivity contribution is 7.45. The van der Waals surface area contributed by atoms with E-state index in [2.05, 4.69) is 47.7 Å². The Kier molecular flexibility index (Phi) is 9.48. The Bertz CT molecular complexity index is 1430. The van der Waals surface area contributed by atoms with Gasteiger partial charge in [0.1, 0.15) is 17.9 Å². The number of ether oxygens (including phenoxy) is 2. The first kappa shape index (κ1) is 27.7. The number of aryl methyl sites for hydroxylation is 4. The Balaban J connectivity index is 1.42. The molecule has 0 unspecified atom stereocenters. The normalized spacial score (nSPS) is 11.5. The maximum Gasteiger partial charge on any atom is 0.167 e. The van der Waals surface area contributed by atoms with Crippen LogP contribution in [0.1, 0.15) is 28.7 Å². The molecular formula is C29H34N3O5P. The Hall–Kier alpha value is -3.29. The molecule has 0 aliphatic carbocycles. The minimum absolute atomic E-state index is 0.171. The number of nitrogens with two attached hydrogens (primary N) is 1. The molecular weight excluding hydrogens is 501 g/mol. The van der Waals surface area contributed by atoms with E-state index in [1.54, 1.807) is 0 Å². The number of aliphatic hydroxyl groups excluding tert-OH is 1. The van der Waals surface area contributed by atoms with E-state index in [1.165, 1.54) is 5.56 Å². The van der Waals surface area contributed by atoms with Crippen LogP contribution in [-0.2, 0) is 24.0 Å². The van der Waals surface area contributed by atoms with Crippen LogP contribution in [0.2, 0.25) is 0 Å². The quantitative estimate of drug-likeness (QED) is 0.0800. The average molecular weight is 536 g/mol. The lowest BCUT2D eigenvalue weighted by atomic mass is 9.99. The Morgan fingerprint density at radius 2 is 1.82 bits per heavy atom. The number of pyridine rings is 2. The Morgan fingerprint density at radius 1 is 0.974 bits per heavy atom. The fraction of sp³-hybridized carbons (Fsp3) is 0.310. The van der Waals surface area contributed by atoms with Gasteiger partial charge in [0, 0.05) is 29.6 Å². The SMILES string of the molecule is C=C(O)CCc1ccc2c(c1)nc(N)c1ncc(CCc3ccc(OCCOCCP(O)O)cc3C)cc12. The molecule has 38 heavy (non-hydrogen) atoms. The van der Waals surface area contributed by atoms with E-state index in [1.807, 2.05) is 24.4 Å². The van der Waals surface area contributed by atoms with E-state index < -0.39 is 8.38 Å². The number of benzene rings is 2. The van der Waals surface area contributed by atoms with Gasteiger partial charge in [-0.05, 0) is 72.7 Å². The summed E-state index contributed by atoms with van der Waals surface area (Å²) < 4.78 is 11.1. The molecule has 0 saturated carbocycles. The lowest BCUT2D eigenvalue weighted by Gasteiger charge is -2.12. The molecule has 0 aliphatic rings. The van der Waals surface area contributed by atoms with E-state index >= 15 is 0 Å². The van der Waals surface area contributed by atoms with Crippen molar-refractivity contribution in [3.8, 4) is 5.75 Å². The van der Waals surface area contributed by atoms with Crippen LogP contribution in [0.5, 0.6) is 5.75 Å². The van der Waals surface area contributed by atoms with Crippen molar-refractivity contribution >= 4 is 36.0 Å². The molecule has 0 aliphatic heterocycles. The summed E-state index contributed by atoms with van der Waals surface area (Å²) in [5.41, 5.74) is 12.4. The summed E-state index contributed by atoms with van der Waals surface area (Å²) in [7, 11) is -1.90. The zero-order chi connectivity index (χ0) is 27.1. The first-order valence-corrected chi connectivity index (χ1v) is 14.0. The minimum atomic E-state index is -1.90. The van der Waals surface area contributed by atoms with Crippen molar-refractivity contribution < 1.29 is 24.4 Å². The standard InChI is InChI=1S/C29H34N3O5P/c1-19-15-24(37-12-11-36-13-14-38(34)35)9-8-23(19)7-5-22-16-26-25-10-6-21(4-3-20(2)33)17-27(25)32-29(30)28(26)31-18-22/h6,8-10,15-18,33-35H,2-5,7,11-14H2,1H3,(H2,30,32). The van der Waals surface area contributed by atoms with Gasteiger partial charge in [-0.15, -0.1) is 0 Å². The maximum absolute atomic E-state index is 9.42. The highest BCUT2D eigenvalue weighted by Gasteiger charge is 2.11. The molecule has 2 aromatic heterocycles. The molecule has 4 rings (SSSR count). The van der Waals surface area contributed by atoms with Crippen LogP contribution in [0.4, 0.5) is 5.82 Å². The maximum atomic E-state index is 9.42. The van der Waals surface area contributed by atoms with Crippen molar-refractivity contribution in [2.24, 2.45) is 0 Å². The van der Waals surface area contributed by atoms with Gasteiger partial charge in [-0.1, -0.05) is 24.8 Å². The molecule has 0 radical (unpaired) electrons. The van der Waals surface area contributed by atoms with Gasteiger partial charge in [-0.2, -0.15) is 0 Å². The summed E-state index contributed by atoms with van der Waals surface area (Å²) >= 11 is 0. The van der Waals surface area contributed by atoms with Crippen LogP contribution in [0.3, 0.4) is 0 Å². The third-order valence-electron chi connectivity index (χ3n) is 6.41. The fourth-order valence-corrected chi connectivity index (χ4v) is 4.66. The number of rotatable bonds is 13. The second-order valence-electron chi connectivity index (χ2n) is 9.30. The van der Waals surface area contributed by atoms with Gasteiger partial charge in [-0.25, -0.2) is 4.98 Å². The van der Waals surface area contributed by atoms with Crippen molar-refractivity contribution in [3.63, 3.8) is 0 Å². The van der Waals surface area contributed by atoms with Crippen LogP contribution in [0, 0.1) is 6.92 Å². The van der Waals surface area contributed by atoms with E-state index in [0.717, 1.165) is 51.6 Å². The molecule has 2 aromatic carbocycles. The summed E-state index contributed by atoms with van der Waals surface area (Å²) in [5.74, 6) is 1.36. The summed E-state index contributed by atoms with van der Waals surface area (Å²) in [6.45, 7) is 6.74. The minimum Gasteiger partial charge on any atom is -0.513 e. The van der Waals surface area contributed by atoms with E-state index in [9.17, 15) is 5.11 Å². The Labute approximate surface area is 223 Å². The summed E-state index contributed by atoms with van der Waals surface area (Å²) in [6.07, 6.45) is 5.02. The monoisotopic (exact) mass is 535 g/mol. The van der Waals surface area contributed by atoms with Crippen LogP contribution >= 0.6 is 8.38 Å². The van der Waals surface area contributed by atoms with Gasteiger partial charge in [0.05, 0.1) is 24.5 Å². The second-order valence-corrected chi connectivity index (χ2v) is 10.5. The molecule has 200 valence electrons. The Morgan fingerprint density at radius 3 is 2.58 bits per heavy atom. The zero-order valence-corrected chi connectivity index (χ0v) is 22.5. The predicted octanol–water partition coefficient (Wildman–Crippen LogP) is 5.16. The van der Waals surface area contributed by atoms with Crippen molar-refractivity contribution in [2.45, 2.75) is 32.6 Å². The predicted molar refractivity (Wildman–Crippen MR) is 153 cm³/mol. The van der Waals surface area contributed by atoms with E-state index in [0.29, 0.717) is 44.0 Å². The molecule has 0 bridgehead atoms. The average Bonchev–Trinajstić information content (AvgIpc) is 2.88. The van der Waals surface area contributed by atoms with Crippen LogP contribution in [0.25, 0.3) is 21.8 Å². The highest BCUT2D eigenvalue weighted by atomic mass is 31.2. The number of hydrogen-bond acceptors (Lipinski definition) is 8. The number of hydrogen-bond donors (Lipinski definition) is 4. The first-order valence-electron chi connectivity index (χ1n) is 12.6. The molecule has 0 spiro atoms. The molecule has 0 atom stereocenters. The zero-order valence-electron chi connectivity index (χ0n) is 21.6. The van der Waals surface area contributed by atoms with Gasteiger partial charge < -0.3 is 30.1 Å². The topological polar surface area (TPSA) is 131 Å². The molecule has 4 aromatic rings. The molecule has 5 N–H and O–H groups in total. The lowest BCUT2D eigenvalue weighted by Crippen LogP contribution is -2.09. The third-order valence-corrected chi connectivity index (χ3v) is 6.99. The number of nitrogen functional groups attached to an aromatic ring is 1. The molecule has 9 heteroatoms. The van der Waals surface area contributed by atoms with Crippen molar-refractivity contribution in [1.82, 2.24) is 9.97 Å². The molecule has 2 heterocycles. The van der Waals surface area contributed by atoms with Crippen molar-refractivity contribution in [1.29, 1.82) is 0 Å². The fourth-order valence-electron chi connectivity index (χ4n) is 4.36. The third kappa shape index (κ3) is 7.39. The highest BCUT2D eigenvalue weighted by Crippen LogP contribution is 2.29. The van der Waals surface area contributed by atoms with E-state index in [-0.39, 0.29) is 11.9 Å². The van der Waals surface area contributed by atoms with Gasteiger partial charge in [0.25, 0.3) is 0 Å². The summed E-state index contributed by atoms with van der Waals surface area (Å²) in [4.78, 5) is 27.0. The summed E-state index contributed by atoms with van der Waals surface area (Å²) in [6, 6.07) is 14.3. The first-order chi connectivity index (χ1) is 18.3. The lowest BCUT2D eigenvalue weighted by molar-refractivity contribution is 0.110. The number of anilines is 1. The number of nitrogens with zero attached hydrogens (tertiary/aromatic N) is 2. The van der Waals surface area contributed by atoms with Crippen molar-refractivity contribution in [3.05, 3.63) is 83.3 Å². The van der Waals surface area contributed by atoms with Gasteiger partial charge >= 0.3 is 0 Å².